The molecule has 4 rings (SSSR count). The first-order valence-corrected chi connectivity index (χ1v) is 9.93. The Bertz CT molecular complexity index is 927. The second-order valence-corrected chi connectivity index (χ2v) is 7.64. The van der Waals surface area contributed by atoms with Gasteiger partial charge in [0.2, 0.25) is 10.9 Å². The number of hydrogen-bond acceptors (Lipinski definition) is 5. The van der Waals surface area contributed by atoms with E-state index in [0.717, 1.165) is 41.4 Å². The Morgan fingerprint density at radius 1 is 1.38 bits per heavy atom. The largest absolute Gasteiger partial charge is 0.316 e. The average Bonchev–Trinajstić information content (AvgIpc) is 3.30. The van der Waals surface area contributed by atoms with Crippen LogP contribution in [0.25, 0.3) is 15.2 Å². The highest BCUT2D eigenvalue weighted by atomic mass is 32.2. The maximum Gasteiger partial charge on any atom is 0.237 e. The summed E-state index contributed by atoms with van der Waals surface area (Å²) in [6.45, 7) is 2.76. The Kier molecular flexibility index (Phi) is 4.28. The highest BCUT2D eigenvalue weighted by molar-refractivity contribution is 7.99. The summed E-state index contributed by atoms with van der Waals surface area (Å²) >= 11 is 3.08. The molecule has 1 aromatic carbocycles. The molecule has 7 heteroatoms. The van der Waals surface area contributed by atoms with Crippen molar-refractivity contribution in [1.82, 2.24) is 19.5 Å². The normalized spacial score (nSPS) is 14.5. The van der Waals surface area contributed by atoms with Crippen LogP contribution in [0.2, 0.25) is 0 Å². The van der Waals surface area contributed by atoms with E-state index in [1.165, 1.54) is 22.2 Å². The molecule has 0 unspecified atom stereocenters. The number of aromatic nitrogens is 3. The second-order valence-electron chi connectivity index (χ2n) is 5.68. The standard InChI is InChI=1S/C17H18N4OS2/c1-2-20(12-7-3-4-8-12)15(22)11-23-16-18-19-17-21(16)13-9-5-6-10-14(13)24-17/h5-7,9-10H,2-4,8,11H2,1H3. The van der Waals surface area contributed by atoms with Gasteiger partial charge in [-0.2, -0.15) is 0 Å². The molecule has 1 aliphatic carbocycles. The molecule has 24 heavy (non-hydrogen) atoms. The topological polar surface area (TPSA) is 50.5 Å². The third-order valence-corrected chi connectivity index (χ3v) is 6.14. The van der Waals surface area contributed by atoms with Crippen LogP contribution in [0.5, 0.6) is 0 Å². The van der Waals surface area contributed by atoms with Crippen LogP contribution in [0, 0.1) is 0 Å². The molecule has 0 saturated carbocycles. The van der Waals surface area contributed by atoms with E-state index < -0.39 is 0 Å². The molecule has 0 atom stereocenters. The van der Waals surface area contributed by atoms with Gasteiger partial charge in [0.1, 0.15) is 0 Å². The molecule has 0 N–H and O–H groups in total. The van der Waals surface area contributed by atoms with Crippen molar-refractivity contribution >= 4 is 44.2 Å². The first-order valence-electron chi connectivity index (χ1n) is 8.13. The number of benzene rings is 1. The second kappa shape index (κ2) is 6.57. The molecule has 124 valence electrons. The Hall–Kier alpha value is -1.86. The minimum Gasteiger partial charge on any atom is -0.316 e. The Labute approximate surface area is 148 Å². The number of allylic oxidation sites excluding steroid dienone is 2. The van der Waals surface area contributed by atoms with Crippen molar-refractivity contribution in [2.75, 3.05) is 12.3 Å². The molecule has 0 saturated heterocycles. The number of thioether (sulfide) groups is 1. The van der Waals surface area contributed by atoms with E-state index in [1.807, 2.05) is 28.4 Å². The van der Waals surface area contributed by atoms with Crippen molar-refractivity contribution in [2.24, 2.45) is 0 Å². The average molecular weight is 358 g/mol. The monoisotopic (exact) mass is 358 g/mol. The predicted octanol–water partition coefficient (Wildman–Crippen LogP) is 3.95. The van der Waals surface area contributed by atoms with Crippen LogP contribution < -0.4 is 0 Å². The number of fused-ring (bicyclic) bond motifs is 3. The molecular weight excluding hydrogens is 340 g/mol. The van der Waals surface area contributed by atoms with Crippen molar-refractivity contribution in [3.8, 4) is 0 Å². The van der Waals surface area contributed by atoms with E-state index in [2.05, 4.69) is 28.4 Å². The van der Waals surface area contributed by atoms with Crippen LogP contribution in [-0.4, -0.2) is 37.7 Å². The predicted molar refractivity (Wildman–Crippen MR) is 98.4 cm³/mol. The number of rotatable bonds is 5. The summed E-state index contributed by atoms with van der Waals surface area (Å²) in [6.07, 6.45) is 5.43. The number of amides is 1. The summed E-state index contributed by atoms with van der Waals surface area (Å²) in [7, 11) is 0. The lowest BCUT2D eigenvalue weighted by atomic mass is 10.3. The molecule has 5 nitrogen and oxygen atoms in total. The summed E-state index contributed by atoms with van der Waals surface area (Å²) in [5.41, 5.74) is 2.28. The molecule has 0 bridgehead atoms. The zero-order valence-corrected chi connectivity index (χ0v) is 15.1. The molecular formula is C17H18N4OS2. The molecule has 3 aromatic rings. The fourth-order valence-corrected chi connectivity index (χ4v) is 4.94. The van der Waals surface area contributed by atoms with E-state index in [0.29, 0.717) is 5.75 Å². The lowest BCUT2D eigenvalue weighted by Gasteiger charge is -2.21. The van der Waals surface area contributed by atoms with Crippen LogP contribution in [-0.2, 0) is 4.79 Å². The maximum absolute atomic E-state index is 12.6. The summed E-state index contributed by atoms with van der Waals surface area (Å²) in [5, 5.41) is 9.30. The van der Waals surface area contributed by atoms with E-state index >= 15 is 0 Å². The molecule has 2 aromatic heterocycles. The minimum atomic E-state index is 0.145. The van der Waals surface area contributed by atoms with Gasteiger partial charge in [-0.05, 0) is 38.3 Å². The van der Waals surface area contributed by atoms with Gasteiger partial charge >= 0.3 is 0 Å². The van der Waals surface area contributed by atoms with Gasteiger partial charge in [0, 0.05) is 12.2 Å². The summed E-state index contributed by atoms with van der Waals surface area (Å²) < 4.78 is 3.23. The van der Waals surface area contributed by atoms with Crippen LogP contribution in [0.1, 0.15) is 26.2 Å². The molecule has 1 aliphatic rings. The van der Waals surface area contributed by atoms with Crippen LogP contribution in [0.15, 0.2) is 41.2 Å². The van der Waals surface area contributed by atoms with E-state index in [9.17, 15) is 4.79 Å². The van der Waals surface area contributed by atoms with Gasteiger partial charge in [0.15, 0.2) is 5.16 Å². The van der Waals surface area contributed by atoms with Crippen molar-refractivity contribution in [3.05, 3.63) is 36.0 Å². The van der Waals surface area contributed by atoms with Gasteiger partial charge in [-0.25, -0.2) is 0 Å². The molecule has 0 fully saturated rings. The molecule has 0 radical (unpaired) electrons. The zero-order chi connectivity index (χ0) is 16.5. The number of carbonyl (C=O) groups is 1. The van der Waals surface area contributed by atoms with E-state index in [4.69, 9.17) is 0 Å². The number of para-hydroxylation sites is 1. The third kappa shape index (κ3) is 2.71. The highest BCUT2D eigenvalue weighted by Gasteiger charge is 2.20. The van der Waals surface area contributed by atoms with Crippen LogP contribution in [0.3, 0.4) is 0 Å². The fourth-order valence-electron chi connectivity index (χ4n) is 3.09. The van der Waals surface area contributed by atoms with Crippen LogP contribution >= 0.6 is 23.1 Å². The van der Waals surface area contributed by atoms with Crippen molar-refractivity contribution in [2.45, 2.75) is 31.3 Å². The smallest absolute Gasteiger partial charge is 0.237 e. The third-order valence-electron chi connectivity index (χ3n) is 4.22. The van der Waals surface area contributed by atoms with Crippen LogP contribution in [0.4, 0.5) is 0 Å². The zero-order valence-electron chi connectivity index (χ0n) is 13.4. The summed E-state index contributed by atoms with van der Waals surface area (Å²) in [5.74, 6) is 0.530. The van der Waals surface area contributed by atoms with Gasteiger partial charge in [-0.15, -0.1) is 10.2 Å². The SMILES string of the molecule is CCN(C(=O)CSc1nnc2sc3ccccc3n12)C1=CCCC1. The van der Waals surface area contributed by atoms with Crippen molar-refractivity contribution in [1.29, 1.82) is 0 Å². The Balaban J connectivity index is 1.55. The van der Waals surface area contributed by atoms with Crippen molar-refractivity contribution < 1.29 is 4.79 Å². The highest BCUT2D eigenvalue weighted by Crippen LogP contribution is 2.30. The maximum atomic E-state index is 12.6. The van der Waals surface area contributed by atoms with Gasteiger partial charge in [-0.3, -0.25) is 9.20 Å². The fraction of sp³-hybridized carbons (Fsp3) is 0.353. The van der Waals surface area contributed by atoms with E-state index in [-0.39, 0.29) is 5.91 Å². The molecule has 1 amide bonds. The Morgan fingerprint density at radius 3 is 3.04 bits per heavy atom. The lowest BCUT2D eigenvalue weighted by Crippen LogP contribution is -2.31. The van der Waals surface area contributed by atoms with Crippen molar-refractivity contribution in [3.63, 3.8) is 0 Å². The minimum absolute atomic E-state index is 0.145. The van der Waals surface area contributed by atoms with E-state index in [1.54, 1.807) is 11.3 Å². The summed E-state index contributed by atoms with van der Waals surface area (Å²) in [4.78, 5) is 15.4. The lowest BCUT2D eigenvalue weighted by molar-refractivity contribution is -0.126. The quantitative estimate of drug-likeness (QED) is 0.648. The van der Waals surface area contributed by atoms with Gasteiger partial charge in [-0.1, -0.05) is 41.3 Å². The number of thiazole rings is 1. The molecule has 2 heterocycles. The number of hydrogen-bond donors (Lipinski definition) is 0. The molecule has 0 spiro atoms. The van der Waals surface area contributed by atoms with Gasteiger partial charge in [0.25, 0.3) is 0 Å². The van der Waals surface area contributed by atoms with Gasteiger partial charge in [0.05, 0.1) is 16.0 Å². The first-order chi connectivity index (χ1) is 11.8. The summed E-state index contributed by atoms with van der Waals surface area (Å²) in [6, 6.07) is 8.19. The molecule has 0 aliphatic heterocycles. The first kappa shape index (κ1) is 15.7. The Morgan fingerprint density at radius 2 is 2.25 bits per heavy atom. The number of nitrogens with zero attached hydrogens (tertiary/aromatic N) is 4. The number of carbonyl (C=O) groups excluding carboxylic acids is 1. The van der Waals surface area contributed by atoms with Gasteiger partial charge < -0.3 is 4.90 Å².